The summed E-state index contributed by atoms with van der Waals surface area (Å²) < 4.78 is 0. The lowest BCUT2D eigenvalue weighted by atomic mass is 10.0. The second-order valence-electron chi connectivity index (χ2n) is 15.7. The van der Waals surface area contributed by atoms with Gasteiger partial charge in [-0.25, -0.2) is 9.78 Å². The number of nitrogens with two attached hydrogens (primary N) is 3. The Morgan fingerprint density at radius 3 is 1.59 bits per heavy atom. The number of aliphatic imine (C=N–C) groups is 1. The zero-order chi connectivity index (χ0) is 52.5. The van der Waals surface area contributed by atoms with Gasteiger partial charge in [0.25, 0.3) is 0 Å². The van der Waals surface area contributed by atoms with E-state index < -0.39 is 139 Å². The van der Waals surface area contributed by atoms with E-state index in [-0.39, 0.29) is 55.6 Å². The predicted octanol–water partition coefficient (Wildman–Crippen LogP) is -6.84. The maximum absolute atomic E-state index is 13.9. The van der Waals surface area contributed by atoms with Gasteiger partial charge in [0.05, 0.1) is 31.8 Å². The number of amides is 8. The van der Waals surface area contributed by atoms with Crippen LogP contribution in [0.15, 0.2) is 17.5 Å². The molecule has 386 valence electrons. The molecule has 0 aliphatic rings. The zero-order valence-electron chi connectivity index (χ0n) is 37.8. The van der Waals surface area contributed by atoms with E-state index in [0.717, 1.165) is 6.92 Å². The smallest absolute Gasteiger partial charge is 0.327 e. The van der Waals surface area contributed by atoms with E-state index in [9.17, 15) is 73.2 Å². The lowest BCUT2D eigenvalue weighted by molar-refractivity contribution is -0.143. The normalized spacial score (nSPS) is 14.8. The number of aromatic nitrogens is 2. The summed E-state index contributed by atoms with van der Waals surface area (Å²) in [6.45, 7) is 3.41. The van der Waals surface area contributed by atoms with Gasteiger partial charge in [0, 0.05) is 36.4 Å². The molecule has 0 fully saturated rings. The fourth-order valence-electron chi connectivity index (χ4n) is 5.85. The maximum Gasteiger partial charge on any atom is 0.327 e. The van der Waals surface area contributed by atoms with Crippen LogP contribution in [0.4, 0.5) is 0 Å². The summed E-state index contributed by atoms with van der Waals surface area (Å²) in [6.07, 6.45) is 0.287. The van der Waals surface area contributed by atoms with Crippen molar-refractivity contribution in [2.24, 2.45) is 28.1 Å². The zero-order valence-corrected chi connectivity index (χ0v) is 39.6. The number of rotatable bonds is 32. The molecule has 1 aromatic rings. The van der Waals surface area contributed by atoms with Gasteiger partial charge in [-0.2, -0.15) is 25.3 Å². The summed E-state index contributed by atoms with van der Waals surface area (Å²) >= 11 is 7.81. The van der Waals surface area contributed by atoms with Crippen molar-refractivity contribution >= 4 is 96.4 Å². The van der Waals surface area contributed by atoms with Gasteiger partial charge >= 0.3 is 17.9 Å². The minimum absolute atomic E-state index is 0.000480. The average molecular weight is 1020 g/mol. The first-order valence-corrected chi connectivity index (χ1v) is 22.3. The number of aliphatic carboxylic acids is 3. The van der Waals surface area contributed by atoms with Crippen molar-refractivity contribution in [2.45, 2.75) is 114 Å². The first-order chi connectivity index (χ1) is 32.3. The number of aliphatic hydroxyl groups excluding tert-OH is 1. The van der Waals surface area contributed by atoms with Gasteiger partial charge in [0.2, 0.25) is 47.3 Å². The second kappa shape index (κ2) is 30.6. The third-order valence-electron chi connectivity index (χ3n) is 9.45. The van der Waals surface area contributed by atoms with Crippen LogP contribution in [-0.4, -0.2) is 181 Å². The molecule has 8 amide bonds. The van der Waals surface area contributed by atoms with Crippen LogP contribution in [0.3, 0.4) is 0 Å². The molecule has 69 heavy (non-hydrogen) atoms. The Morgan fingerprint density at radius 2 is 1.10 bits per heavy atom. The number of hydrogen-bond acceptors (Lipinski definition) is 17. The molecule has 31 heteroatoms. The summed E-state index contributed by atoms with van der Waals surface area (Å²) in [6, 6.07) is -14.1. The molecule has 0 aromatic carbocycles. The van der Waals surface area contributed by atoms with Gasteiger partial charge in [-0.15, -0.1) is 0 Å². The van der Waals surface area contributed by atoms with E-state index in [1.165, 1.54) is 12.5 Å². The standard InChI is InChI=1S/C38H62N14O15S2/c1-16(2)7-21(33(62)46-20(5-4-6-43-38(40)41)31(60)49-22(8-18-11-42-15-44-18)34(63)52-26(14-69)37(66)67)48-36(65)25(12-53)51-29(58)17(3)45-32(61)23(9-27(54)55)50-35(64)24(10-28(56)57)47-30(59)19(39)13-68/h11,15-17,19-26,53,68-69H,4-10,12-14,39H2,1-3H3,(H,42,44)(H,45,61)(H,46,62)(H,47,59)(H,48,65)(H,49,60)(H,50,64)(H,51,58)(H,52,63)(H,54,55)(H,56,57)(H,66,67)(H4,40,41,43)/t17-,19-,20-,21-,22-,23-,24-,25-,26-/m0/s1. The number of thiol groups is 2. The molecule has 0 saturated carbocycles. The Morgan fingerprint density at radius 1 is 0.638 bits per heavy atom. The number of carbonyl (C=O) groups excluding carboxylic acids is 8. The van der Waals surface area contributed by atoms with Crippen molar-refractivity contribution in [2.75, 3.05) is 24.7 Å². The van der Waals surface area contributed by atoms with Crippen LogP contribution in [-0.2, 0) is 59.2 Å². The first kappa shape index (κ1) is 60.3. The molecule has 29 nitrogen and oxygen atoms in total. The van der Waals surface area contributed by atoms with Gasteiger partial charge in [0.15, 0.2) is 5.96 Å². The van der Waals surface area contributed by atoms with Crippen LogP contribution in [0.25, 0.3) is 0 Å². The van der Waals surface area contributed by atoms with Crippen molar-refractivity contribution in [3.05, 3.63) is 18.2 Å². The Bertz CT molecular complexity index is 1990. The minimum Gasteiger partial charge on any atom is -0.481 e. The Hall–Kier alpha value is -6.73. The van der Waals surface area contributed by atoms with Crippen molar-refractivity contribution in [1.29, 1.82) is 0 Å². The van der Waals surface area contributed by atoms with Crippen LogP contribution in [0, 0.1) is 5.92 Å². The molecule has 0 bridgehead atoms. The number of aromatic amines is 1. The van der Waals surface area contributed by atoms with Crippen LogP contribution < -0.4 is 59.7 Å². The fourth-order valence-corrected chi connectivity index (χ4v) is 6.26. The molecule has 1 rings (SSSR count). The van der Waals surface area contributed by atoms with Crippen LogP contribution >= 0.6 is 25.3 Å². The van der Waals surface area contributed by atoms with Crippen LogP contribution in [0.2, 0.25) is 0 Å². The Kier molecular flexibility index (Phi) is 26.7. The summed E-state index contributed by atoms with van der Waals surface area (Å²) in [7, 11) is 0. The third-order valence-corrected chi connectivity index (χ3v) is 10.2. The number of H-pyrrole nitrogens is 1. The van der Waals surface area contributed by atoms with Gasteiger partial charge in [-0.05, 0) is 32.1 Å². The number of nitrogens with zero attached hydrogens (tertiary/aromatic N) is 2. The number of carboxylic acid groups (broad SMARTS) is 3. The molecule has 0 radical (unpaired) electrons. The Balaban J connectivity index is 3.29. The lowest BCUT2D eigenvalue weighted by Gasteiger charge is -2.27. The molecule has 0 aliphatic carbocycles. The van der Waals surface area contributed by atoms with E-state index in [4.69, 9.17) is 17.2 Å². The van der Waals surface area contributed by atoms with Gasteiger partial charge in [0.1, 0.15) is 48.3 Å². The lowest BCUT2D eigenvalue weighted by Crippen LogP contribution is -2.61. The number of carbonyl (C=O) groups is 11. The molecule has 0 spiro atoms. The van der Waals surface area contributed by atoms with Crippen molar-refractivity contribution in [1.82, 2.24) is 52.5 Å². The summed E-state index contributed by atoms with van der Waals surface area (Å²) in [5.41, 5.74) is 16.8. The number of aliphatic hydroxyl groups is 1. The SMILES string of the molecule is CC(C)C[C@H](NC(=O)[C@H](CO)NC(=O)[C@H](C)NC(=O)[C@H](CC(=O)O)NC(=O)[C@H](CC(=O)O)NC(=O)[C@@H](N)CS)C(=O)N[C@@H](CCCN=C(N)N)C(=O)N[C@@H](Cc1cnc[nH]1)C(=O)N[C@@H](CS)C(=O)O. The molecule has 0 saturated heterocycles. The van der Waals surface area contributed by atoms with Crippen molar-refractivity contribution in [3.8, 4) is 0 Å². The molecule has 1 aromatic heterocycles. The molecule has 0 unspecified atom stereocenters. The van der Waals surface area contributed by atoms with E-state index in [2.05, 4.69) is 77.4 Å². The van der Waals surface area contributed by atoms with Crippen molar-refractivity contribution < 1.29 is 73.2 Å². The number of imidazole rings is 1. The molecule has 19 N–H and O–H groups in total. The van der Waals surface area contributed by atoms with Gasteiger partial charge < -0.3 is 85.1 Å². The highest BCUT2D eigenvalue weighted by Gasteiger charge is 2.35. The highest BCUT2D eigenvalue weighted by molar-refractivity contribution is 7.80. The topological polar surface area (TPSA) is 484 Å². The van der Waals surface area contributed by atoms with Crippen LogP contribution in [0.1, 0.15) is 58.6 Å². The summed E-state index contributed by atoms with van der Waals surface area (Å²) in [5, 5.41) is 56.5. The van der Waals surface area contributed by atoms with E-state index in [1.807, 2.05) is 5.32 Å². The minimum atomic E-state index is -1.94. The molecular weight excluding hydrogens is 957 g/mol. The largest absolute Gasteiger partial charge is 0.481 e. The Labute approximate surface area is 405 Å². The molecular formula is C38H62N14O15S2. The fraction of sp³-hybridized carbons (Fsp3) is 0.605. The van der Waals surface area contributed by atoms with E-state index in [1.54, 1.807) is 13.8 Å². The first-order valence-electron chi connectivity index (χ1n) is 21.0. The number of hydrogen-bond donors (Lipinski definition) is 18. The monoisotopic (exact) mass is 1020 g/mol. The summed E-state index contributed by atoms with van der Waals surface area (Å²) in [4.78, 5) is 151. The maximum atomic E-state index is 13.9. The number of carboxylic acids is 3. The molecule has 9 atom stereocenters. The van der Waals surface area contributed by atoms with Gasteiger partial charge in [-0.1, -0.05) is 13.8 Å². The number of nitrogens with one attached hydrogen (secondary N) is 9. The van der Waals surface area contributed by atoms with E-state index >= 15 is 0 Å². The van der Waals surface area contributed by atoms with Gasteiger partial charge in [-0.3, -0.25) is 52.9 Å². The quantitative estimate of drug-likeness (QED) is 0.0138. The van der Waals surface area contributed by atoms with E-state index in [0.29, 0.717) is 5.69 Å². The third kappa shape index (κ3) is 22.7. The van der Waals surface area contributed by atoms with Crippen LogP contribution in [0.5, 0.6) is 0 Å². The highest BCUT2D eigenvalue weighted by Crippen LogP contribution is 2.10. The summed E-state index contributed by atoms with van der Waals surface area (Å²) in [5.74, 6) is -14.1. The molecule has 1 heterocycles. The highest BCUT2D eigenvalue weighted by atomic mass is 32.1. The average Bonchev–Trinajstić information content (AvgIpc) is 3.79. The van der Waals surface area contributed by atoms with Crippen molar-refractivity contribution in [3.63, 3.8) is 0 Å². The number of guanidine groups is 1. The predicted molar refractivity (Wildman–Crippen MR) is 248 cm³/mol. The molecule has 0 aliphatic heterocycles. The second-order valence-corrected chi connectivity index (χ2v) is 16.4.